The minimum atomic E-state index is -0.469. The summed E-state index contributed by atoms with van der Waals surface area (Å²) in [5, 5.41) is 3.56. The number of nitrogens with one attached hydrogen (secondary N) is 1. The number of carbonyl (C=O) groups is 1. The predicted molar refractivity (Wildman–Crippen MR) is 98.0 cm³/mol. The van der Waals surface area contributed by atoms with Gasteiger partial charge in [0.15, 0.2) is 0 Å². The van der Waals surface area contributed by atoms with Crippen LogP contribution in [0.1, 0.15) is 32.4 Å². The van der Waals surface area contributed by atoms with Crippen LogP contribution >= 0.6 is 0 Å². The molecule has 138 valence electrons. The van der Waals surface area contributed by atoms with Crippen molar-refractivity contribution in [1.29, 1.82) is 0 Å². The normalized spacial score (nSPS) is 22.0. The van der Waals surface area contributed by atoms with Crippen LogP contribution in [-0.2, 0) is 9.47 Å². The van der Waals surface area contributed by atoms with Crippen LogP contribution in [0.3, 0.4) is 0 Å². The van der Waals surface area contributed by atoms with Crippen LogP contribution in [0, 0.1) is 0 Å². The maximum absolute atomic E-state index is 12.4. The van der Waals surface area contributed by atoms with Gasteiger partial charge in [-0.15, -0.1) is 0 Å². The maximum atomic E-state index is 12.4. The molecule has 25 heavy (non-hydrogen) atoms. The van der Waals surface area contributed by atoms with E-state index in [2.05, 4.69) is 34.5 Å². The molecule has 6 nitrogen and oxygen atoms in total. The number of rotatable bonds is 2. The summed E-state index contributed by atoms with van der Waals surface area (Å²) in [4.78, 5) is 16.6. The highest BCUT2D eigenvalue weighted by molar-refractivity contribution is 5.68. The second-order valence-electron chi connectivity index (χ2n) is 7.59. The number of benzene rings is 1. The van der Waals surface area contributed by atoms with Crippen LogP contribution in [0.2, 0.25) is 0 Å². The van der Waals surface area contributed by atoms with E-state index in [4.69, 9.17) is 9.47 Å². The Labute approximate surface area is 150 Å². The van der Waals surface area contributed by atoms with Crippen molar-refractivity contribution >= 4 is 11.8 Å². The minimum Gasteiger partial charge on any atom is -0.444 e. The van der Waals surface area contributed by atoms with Gasteiger partial charge in [-0.25, -0.2) is 4.79 Å². The molecule has 1 unspecified atom stereocenters. The lowest BCUT2D eigenvalue weighted by molar-refractivity contribution is 0.0195. The third kappa shape index (κ3) is 4.64. The van der Waals surface area contributed by atoms with Gasteiger partial charge in [0.1, 0.15) is 5.60 Å². The largest absolute Gasteiger partial charge is 0.444 e. The Kier molecular flexibility index (Phi) is 5.49. The van der Waals surface area contributed by atoms with Crippen LogP contribution in [0.15, 0.2) is 24.3 Å². The zero-order valence-electron chi connectivity index (χ0n) is 15.5. The Morgan fingerprint density at radius 2 is 1.92 bits per heavy atom. The molecule has 2 aliphatic heterocycles. The van der Waals surface area contributed by atoms with E-state index < -0.39 is 5.60 Å². The zero-order chi connectivity index (χ0) is 17.9. The molecule has 2 saturated heterocycles. The highest BCUT2D eigenvalue weighted by Gasteiger charge is 2.29. The van der Waals surface area contributed by atoms with Crippen LogP contribution in [0.5, 0.6) is 0 Å². The number of hydrogen-bond donors (Lipinski definition) is 1. The molecule has 0 spiro atoms. The SMILES string of the molecule is CC(C)(C)OC(=O)N1CCNC(c2ccccc2N2CCOCC2)C1. The van der Waals surface area contributed by atoms with Gasteiger partial charge in [0.25, 0.3) is 0 Å². The maximum Gasteiger partial charge on any atom is 0.410 e. The van der Waals surface area contributed by atoms with Crippen LogP contribution < -0.4 is 10.2 Å². The second kappa shape index (κ2) is 7.62. The molecular weight excluding hydrogens is 318 g/mol. The molecule has 0 saturated carbocycles. The van der Waals surface area contributed by atoms with E-state index >= 15 is 0 Å². The summed E-state index contributed by atoms with van der Waals surface area (Å²) >= 11 is 0. The van der Waals surface area contributed by atoms with Gasteiger partial charge in [-0.3, -0.25) is 0 Å². The molecule has 1 N–H and O–H groups in total. The first-order chi connectivity index (χ1) is 11.9. The van der Waals surface area contributed by atoms with Crippen LogP contribution in [-0.4, -0.2) is 62.5 Å². The molecule has 0 aromatic heterocycles. The number of morpholine rings is 1. The molecule has 0 radical (unpaired) electrons. The smallest absolute Gasteiger partial charge is 0.410 e. The number of hydrogen-bond acceptors (Lipinski definition) is 5. The van der Waals surface area contributed by atoms with Crippen molar-refractivity contribution in [2.45, 2.75) is 32.4 Å². The number of amides is 1. The number of carbonyl (C=O) groups excluding carboxylic acids is 1. The molecule has 1 aromatic rings. The molecule has 1 aromatic carbocycles. The average Bonchev–Trinajstić information content (AvgIpc) is 2.61. The van der Waals surface area contributed by atoms with Crippen molar-refractivity contribution in [3.05, 3.63) is 29.8 Å². The number of piperazine rings is 1. The molecule has 1 amide bonds. The number of ether oxygens (including phenoxy) is 2. The van der Waals surface area contributed by atoms with E-state index in [0.29, 0.717) is 13.1 Å². The third-order valence-electron chi connectivity index (χ3n) is 4.49. The standard InChI is InChI=1S/C19H29N3O3/c1-19(2,3)25-18(23)22-9-8-20-16(14-22)15-6-4-5-7-17(15)21-10-12-24-13-11-21/h4-7,16,20H,8-14H2,1-3H3. The first-order valence-electron chi connectivity index (χ1n) is 9.07. The first kappa shape index (κ1) is 18.0. The molecular formula is C19H29N3O3. The van der Waals surface area contributed by atoms with Gasteiger partial charge >= 0.3 is 6.09 Å². The Morgan fingerprint density at radius 3 is 2.64 bits per heavy atom. The average molecular weight is 347 g/mol. The summed E-state index contributed by atoms with van der Waals surface area (Å²) in [6, 6.07) is 8.56. The van der Waals surface area contributed by atoms with Crippen molar-refractivity contribution in [2.75, 3.05) is 50.8 Å². The molecule has 0 bridgehead atoms. The molecule has 6 heteroatoms. The van der Waals surface area contributed by atoms with Crippen molar-refractivity contribution in [3.8, 4) is 0 Å². The quantitative estimate of drug-likeness (QED) is 0.890. The molecule has 2 aliphatic rings. The van der Waals surface area contributed by atoms with Crippen molar-refractivity contribution in [1.82, 2.24) is 10.2 Å². The van der Waals surface area contributed by atoms with E-state index in [1.165, 1.54) is 11.3 Å². The number of para-hydroxylation sites is 1. The van der Waals surface area contributed by atoms with E-state index in [1.807, 2.05) is 25.7 Å². The highest BCUT2D eigenvalue weighted by atomic mass is 16.6. The van der Waals surface area contributed by atoms with Gasteiger partial charge in [-0.1, -0.05) is 18.2 Å². The first-order valence-corrected chi connectivity index (χ1v) is 9.07. The van der Waals surface area contributed by atoms with Gasteiger partial charge < -0.3 is 24.6 Å². The van der Waals surface area contributed by atoms with E-state index in [1.54, 1.807) is 0 Å². The second-order valence-corrected chi connectivity index (χ2v) is 7.59. The zero-order valence-corrected chi connectivity index (χ0v) is 15.5. The van der Waals surface area contributed by atoms with E-state index in [9.17, 15) is 4.79 Å². The van der Waals surface area contributed by atoms with Gasteiger partial charge in [0.2, 0.25) is 0 Å². The minimum absolute atomic E-state index is 0.111. The number of anilines is 1. The summed E-state index contributed by atoms with van der Waals surface area (Å²) in [5.74, 6) is 0. The molecule has 2 heterocycles. The van der Waals surface area contributed by atoms with E-state index in [0.717, 1.165) is 32.8 Å². The predicted octanol–water partition coefficient (Wildman–Crippen LogP) is 2.40. The van der Waals surface area contributed by atoms with Crippen LogP contribution in [0.4, 0.5) is 10.5 Å². The fourth-order valence-electron chi connectivity index (χ4n) is 3.33. The Morgan fingerprint density at radius 1 is 1.20 bits per heavy atom. The van der Waals surface area contributed by atoms with Gasteiger partial charge in [0.05, 0.1) is 19.3 Å². The fourth-order valence-corrected chi connectivity index (χ4v) is 3.33. The lowest BCUT2D eigenvalue weighted by atomic mass is 10.0. The van der Waals surface area contributed by atoms with Crippen molar-refractivity contribution < 1.29 is 14.3 Å². The van der Waals surface area contributed by atoms with Gasteiger partial charge in [-0.05, 0) is 32.4 Å². The Hall–Kier alpha value is -1.79. The summed E-state index contributed by atoms with van der Waals surface area (Å²) in [7, 11) is 0. The molecule has 0 aliphatic carbocycles. The third-order valence-corrected chi connectivity index (χ3v) is 4.49. The Balaban J connectivity index is 1.74. The van der Waals surface area contributed by atoms with Crippen LogP contribution in [0.25, 0.3) is 0 Å². The highest BCUT2D eigenvalue weighted by Crippen LogP contribution is 2.29. The topological polar surface area (TPSA) is 54.0 Å². The Bertz CT molecular complexity index is 594. The summed E-state index contributed by atoms with van der Waals surface area (Å²) in [6.07, 6.45) is -0.233. The van der Waals surface area contributed by atoms with Crippen molar-refractivity contribution in [3.63, 3.8) is 0 Å². The summed E-state index contributed by atoms with van der Waals surface area (Å²) in [6.45, 7) is 11.1. The van der Waals surface area contributed by atoms with E-state index in [-0.39, 0.29) is 12.1 Å². The summed E-state index contributed by atoms with van der Waals surface area (Å²) < 4.78 is 11.0. The lowest BCUT2D eigenvalue weighted by Crippen LogP contribution is -2.50. The van der Waals surface area contributed by atoms with Gasteiger partial charge in [-0.2, -0.15) is 0 Å². The fraction of sp³-hybridized carbons (Fsp3) is 0.632. The van der Waals surface area contributed by atoms with Gasteiger partial charge in [0, 0.05) is 38.4 Å². The summed E-state index contributed by atoms with van der Waals surface area (Å²) in [5.41, 5.74) is 2.00. The van der Waals surface area contributed by atoms with Crippen molar-refractivity contribution in [2.24, 2.45) is 0 Å². The molecule has 3 rings (SSSR count). The number of nitrogens with zero attached hydrogens (tertiary/aromatic N) is 2. The monoisotopic (exact) mass is 347 g/mol. The lowest BCUT2D eigenvalue weighted by Gasteiger charge is -2.37. The molecule has 1 atom stereocenters. The molecule has 2 fully saturated rings.